The summed E-state index contributed by atoms with van der Waals surface area (Å²) in [5, 5.41) is 6.80. The Kier molecular flexibility index (Phi) is 4.16. The number of hydrogen-bond acceptors (Lipinski definition) is 3. The molecule has 0 unspecified atom stereocenters. The van der Waals surface area contributed by atoms with Crippen LogP contribution in [0.25, 0.3) is 5.52 Å². The van der Waals surface area contributed by atoms with Crippen LogP contribution in [0.4, 0.5) is 4.39 Å². The summed E-state index contributed by atoms with van der Waals surface area (Å²) in [4.78, 5) is 24.6. The van der Waals surface area contributed by atoms with Gasteiger partial charge in [-0.25, -0.2) is 13.9 Å². The van der Waals surface area contributed by atoms with Crippen LogP contribution in [-0.4, -0.2) is 20.1 Å². The lowest BCUT2D eigenvalue weighted by molar-refractivity contribution is -0.122. The first-order valence-corrected chi connectivity index (χ1v) is 7.55. The Balaban J connectivity index is 1.75. The van der Waals surface area contributed by atoms with Gasteiger partial charge in [-0.15, -0.1) is 0 Å². The van der Waals surface area contributed by atoms with Gasteiger partial charge in [0.15, 0.2) is 0 Å². The third kappa shape index (κ3) is 3.05. The van der Waals surface area contributed by atoms with Crippen LogP contribution in [0, 0.1) is 12.7 Å². The molecule has 3 aromatic rings. The van der Waals surface area contributed by atoms with Gasteiger partial charge in [0.2, 0.25) is 5.91 Å². The van der Waals surface area contributed by atoms with Crippen molar-refractivity contribution in [2.75, 3.05) is 0 Å². The van der Waals surface area contributed by atoms with Crippen molar-refractivity contribution in [3.63, 3.8) is 0 Å². The monoisotopic (exact) mass is 328 g/mol. The molecular weight excluding hydrogens is 311 g/mol. The maximum absolute atomic E-state index is 12.9. The fourth-order valence-electron chi connectivity index (χ4n) is 2.58. The van der Waals surface area contributed by atoms with Gasteiger partial charge < -0.3 is 5.32 Å². The number of carbonyl (C=O) groups is 1. The Morgan fingerprint density at radius 2 is 1.96 bits per heavy atom. The second-order valence-electron chi connectivity index (χ2n) is 5.66. The van der Waals surface area contributed by atoms with Crippen molar-refractivity contribution in [1.29, 1.82) is 0 Å². The summed E-state index contributed by atoms with van der Waals surface area (Å²) in [5.41, 5.74) is 1.89. The van der Waals surface area contributed by atoms with Crippen LogP contribution in [0.1, 0.15) is 24.2 Å². The molecule has 1 amide bonds. The van der Waals surface area contributed by atoms with Gasteiger partial charge in [0.05, 0.1) is 17.8 Å². The van der Waals surface area contributed by atoms with Crippen LogP contribution in [0.2, 0.25) is 0 Å². The van der Waals surface area contributed by atoms with Crippen LogP contribution < -0.4 is 11.0 Å². The highest BCUT2D eigenvalue weighted by atomic mass is 19.1. The number of aryl methyl sites for hydroxylation is 1. The number of amides is 1. The molecule has 124 valence electrons. The molecule has 0 spiro atoms. The summed E-state index contributed by atoms with van der Waals surface area (Å²) in [6.45, 7) is 3.42. The zero-order chi connectivity index (χ0) is 17.3. The van der Waals surface area contributed by atoms with E-state index in [1.54, 1.807) is 31.3 Å². The SMILES string of the molecule is Cc1ccc2cnn(CC(=O)N[C@H](C)c3ccc(F)cc3)c(=O)n12. The molecule has 0 saturated carbocycles. The van der Waals surface area contributed by atoms with E-state index >= 15 is 0 Å². The largest absolute Gasteiger partial charge is 0.349 e. The van der Waals surface area contributed by atoms with Gasteiger partial charge in [-0.2, -0.15) is 5.10 Å². The van der Waals surface area contributed by atoms with Gasteiger partial charge in [0, 0.05) is 5.69 Å². The zero-order valence-corrected chi connectivity index (χ0v) is 13.4. The molecule has 24 heavy (non-hydrogen) atoms. The zero-order valence-electron chi connectivity index (χ0n) is 13.4. The van der Waals surface area contributed by atoms with Crippen LogP contribution in [0.5, 0.6) is 0 Å². The Hall–Kier alpha value is -2.96. The van der Waals surface area contributed by atoms with Gasteiger partial charge in [0.25, 0.3) is 0 Å². The molecule has 0 fully saturated rings. The van der Waals surface area contributed by atoms with Gasteiger partial charge in [-0.3, -0.25) is 9.20 Å². The maximum atomic E-state index is 12.9. The Labute approximate surface area is 137 Å². The molecule has 2 heterocycles. The summed E-state index contributed by atoms with van der Waals surface area (Å²) in [6, 6.07) is 9.22. The molecule has 0 aliphatic carbocycles. The maximum Gasteiger partial charge on any atom is 0.349 e. The van der Waals surface area contributed by atoms with E-state index < -0.39 is 0 Å². The average molecular weight is 328 g/mol. The number of carbonyl (C=O) groups excluding carboxylic acids is 1. The molecule has 6 nitrogen and oxygen atoms in total. The van der Waals surface area contributed by atoms with Gasteiger partial charge in [0.1, 0.15) is 12.4 Å². The summed E-state index contributed by atoms with van der Waals surface area (Å²) in [6.07, 6.45) is 1.55. The quantitative estimate of drug-likeness (QED) is 0.794. The minimum atomic E-state index is -0.361. The fraction of sp³-hybridized carbons (Fsp3) is 0.235. The number of aromatic nitrogens is 3. The molecular formula is C17H17FN4O2. The fourth-order valence-corrected chi connectivity index (χ4v) is 2.58. The van der Waals surface area contributed by atoms with Gasteiger partial charge in [-0.1, -0.05) is 12.1 Å². The molecule has 1 aromatic carbocycles. The molecule has 0 radical (unpaired) electrons. The Morgan fingerprint density at radius 1 is 1.25 bits per heavy atom. The number of halogens is 1. The smallest absolute Gasteiger partial charge is 0.348 e. The molecule has 1 N–H and O–H groups in total. The highest BCUT2D eigenvalue weighted by Gasteiger charge is 2.13. The molecule has 0 bridgehead atoms. The number of rotatable bonds is 4. The van der Waals surface area contributed by atoms with Crippen molar-refractivity contribution in [2.45, 2.75) is 26.4 Å². The summed E-state index contributed by atoms with van der Waals surface area (Å²) in [7, 11) is 0. The minimum Gasteiger partial charge on any atom is -0.348 e. The summed E-state index contributed by atoms with van der Waals surface area (Å²) >= 11 is 0. The lowest BCUT2D eigenvalue weighted by Crippen LogP contribution is -2.37. The van der Waals surface area contributed by atoms with E-state index in [1.165, 1.54) is 16.5 Å². The van der Waals surface area contributed by atoms with Gasteiger partial charge >= 0.3 is 5.69 Å². The predicted molar refractivity (Wildman–Crippen MR) is 87.1 cm³/mol. The lowest BCUT2D eigenvalue weighted by atomic mass is 10.1. The number of hydrogen-bond donors (Lipinski definition) is 1. The molecule has 0 aliphatic rings. The first kappa shape index (κ1) is 15.9. The van der Waals surface area contributed by atoms with Crippen LogP contribution in [-0.2, 0) is 11.3 Å². The van der Waals surface area contributed by atoms with E-state index in [-0.39, 0.29) is 30.0 Å². The highest BCUT2D eigenvalue weighted by molar-refractivity contribution is 5.76. The average Bonchev–Trinajstić information content (AvgIpc) is 2.92. The number of nitrogens with one attached hydrogen (secondary N) is 1. The van der Waals surface area contributed by atoms with E-state index in [9.17, 15) is 14.0 Å². The van der Waals surface area contributed by atoms with Crippen LogP contribution in [0.3, 0.4) is 0 Å². The van der Waals surface area contributed by atoms with E-state index in [4.69, 9.17) is 0 Å². The Morgan fingerprint density at radius 3 is 2.67 bits per heavy atom. The van der Waals surface area contributed by atoms with Crippen molar-refractivity contribution < 1.29 is 9.18 Å². The lowest BCUT2D eigenvalue weighted by Gasteiger charge is -2.14. The van der Waals surface area contributed by atoms with Crippen molar-refractivity contribution in [1.82, 2.24) is 19.5 Å². The minimum absolute atomic E-state index is 0.183. The number of benzene rings is 1. The van der Waals surface area contributed by atoms with Crippen LogP contribution in [0.15, 0.2) is 47.4 Å². The molecule has 0 aliphatic heterocycles. The summed E-state index contributed by atoms with van der Waals surface area (Å²) in [5.74, 6) is -0.672. The normalized spacial score (nSPS) is 12.3. The first-order valence-electron chi connectivity index (χ1n) is 7.55. The molecule has 2 aromatic heterocycles. The molecule has 3 rings (SSSR count). The van der Waals surface area contributed by atoms with Crippen LogP contribution >= 0.6 is 0 Å². The standard InChI is InChI=1S/C17H17FN4O2/c1-11-3-8-15-9-19-21(17(24)22(11)15)10-16(23)20-12(2)13-4-6-14(18)7-5-13/h3-9,12H,10H2,1-2H3,(H,20,23)/t12-/m1/s1. The van der Waals surface area contributed by atoms with E-state index in [1.807, 2.05) is 13.0 Å². The first-order chi connectivity index (χ1) is 11.5. The van der Waals surface area contributed by atoms with E-state index in [0.29, 0.717) is 5.52 Å². The third-order valence-corrected chi connectivity index (χ3v) is 3.89. The number of fused-ring (bicyclic) bond motifs is 1. The number of nitrogens with zero attached hydrogens (tertiary/aromatic N) is 3. The molecule has 0 saturated heterocycles. The summed E-state index contributed by atoms with van der Waals surface area (Å²) < 4.78 is 15.6. The van der Waals surface area contributed by atoms with E-state index in [0.717, 1.165) is 15.9 Å². The van der Waals surface area contributed by atoms with Crippen molar-refractivity contribution in [2.24, 2.45) is 0 Å². The molecule has 1 atom stereocenters. The second-order valence-corrected chi connectivity index (χ2v) is 5.66. The van der Waals surface area contributed by atoms with E-state index in [2.05, 4.69) is 10.4 Å². The van der Waals surface area contributed by atoms with Crippen molar-refractivity contribution in [3.05, 3.63) is 70.2 Å². The topological polar surface area (TPSA) is 68.4 Å². The van der Waals surface area contributed by atoms with Crippen molar-refractivity contribution >= 4 is 11.4 Å². The third-order valence-electron chi connectivity index (χ3n) is 3.89. The highest BCUT2D eigenvalue weighted by Crippen LogP contribution is 2.12. The predicted octanol–water partition coefficient (Wildman–Crippen LogP) is 1.82. The van der Waals surface area contributed by atoms with Crippen molar-refractivity contribution in [3.8, 4) is 0 Å². The Bertz CT molecular complexity index is 943. The second kappa shape index (κ2) is 6.27. The van der Waals surface area contributed by atoms with Gasteiger partial charge in [-0.05, 0) is 43.7 Å². The molecule has 7 heteroatoms.